The molecule has 0 amide bonds. The number of alkyl halides is 1. The standard InChI is InChI=1S/C10H11FN4O4/c1-2-10(11)6(17)5(3-16)19-7(10)15-4-13-8(12)14-9(15)18/h1,4-7,16-17H,3H2,(H2,12,14,18)/t5-,6?,7-,10-/m1/s1. The van der Waals surface area contributed by atoms with Crippen molar-refractivity contribution in [2.75, 3.05) is 12.3 Å². The van der Waals surface area contributed by atoms with Gasteiger partial charge in [0.1, 0.15) is 18.5 Å². The molecule has 0 spiro atoms. The first-order valence-electron chi connectivity index (χ1n) is 5.25. The Labute approximate surface area is 106 Å². The smallest absolute Gasteiger partial charge is 0.354 e. The van der Waals surface area contributed by atoms with E-state index in [4.69, 9.17) is 22.0 Å². The minimum atomic E-state index is -2.68. The van der Waals surface area contributed by atoms with Crippen molar-refractivity contribution in [2.24, 2.45) is 0 Å². The van der Waals surface area contributed by atoms with Gasteiger partial charge in [0.25, 0.3) is 0 Å². The highest BCUT2D eigenvalue weighted by molar-refractivity contribution is 5.20. The molecule has 2 heterocycles. The molecule has 0 aromatic carbocycles. The third-order valence-corrected chi connectivity index (χ3v) is 2.84. The number of nitrogens with two attached hydrogens (primary N) is 1. The summed E-state index contributed by atoms with van der Waals surface area (Å²) in [7, 11) is 0. The van der Waals surface area contributed by atoms with Crippen molar-refractivity contribution in [3.63, 3.8) is 0 Å². The number of nitrogen functional groups attached to an aromatic ring is 1. The Hall–Kier alpha value is -2.02. The van der Waals surface area contributed by atoms with Crippen molar-refractivity contribution in [3.8, 4) is 12.3 Å². The SMILES string of the molecule is C#C[C@@]1(F)C(O)[C@@H](CO)O[C@H]1n1cnc(N)nc1=O. The first kappa shape index (κ1) is 13.4. The Morgan fingerprint density at radius 1 is 1.74 bits per heavy atom. The van der Waals surface area contributed by atoms with Crippen LogP contribution in [0.2, 0.25) is 0 Å². The Balaban J connectivity index is 2.49. The van der Waals surface area contributed by atoms with Gasteiger partial charge in [0.15, 0.2) is 6.23 Å². The summed E-state index contributed by atoms with van der Waals surface area (Å²) in [5.41, 5.74) is 1.59. The molecule has 1 unspecified atom stereocenters. The van der Waals surface area contributed by atoms with Crippen LogP contribution in [0.3, 0.4) is 0 Å². The number of aliphatic hydroxyl groups is 2. The number of aromatic nitrogens is 3. The molecule has 8 nitrogen and oxygen atoms in total. The fourth-order valence-corrected chi connectivity index (χ4v) is 1.84. The fourth-order valence-electron chi connectivity index (χ4n) is 1.84. The van der Waals surface area contributed by atoms with Crippen molar-refractivity contribution in [1.29, 1.82) is 0 Å². The van der Waals surface area contributed by atoms with Crippen LogP contribution in [0.1, 0.15) is 6.23 Å². The summed E-state index contributed by atoms with van der Waals surface area (Å²) >= 11 is 0. The van der Waals surface area contributed by atoms with Gasteiger partial charge in [-0.05, 0) is 0 Å². The molecule has 4 N–H and O–H groups in total. The van der Waals surface area contributed by atoms with Crippen LogP contribution in [-0.4, -0.2) is 49.2 Å². The van der Waals surface area contributed by atoms with E-state index < -0.39 is 36.4 Å². The van der Waals surface area contributed by atoms with Gasteiger partial charge < -0.3 is 20.7 Å². The second kappa shape index (κ2) is 4.58. The van der Waals surface area contributed by atoms with E-state index in [9.17, 15) is 14.3 Å². The second-order valence-corrected chi connectivity index (χ2v) is 3.97. The molecule has 1 fully saturated rings. The van der Waals surface area contributed by atoms with Crippen LogP contribution in [0.5, 0.6) is 0 Å². The van der Waals surface area contributed by atoms with Crippen LogP contribution in [-0.2, 0) is 4.74 Å². The summed E-state index contributed by atoms with van der Waals surface area (Å²) in [5, 5.41) is 18.7. The highest BCUT2D eigenvalue weighted by atomic mass is 19.1. The maximum absolute atomic E-state index is 14.5. The van der Waals surface area contributed by atoms with Crippen LogP contribution in [0.25, 0.3) is 0 Å². The largest absolute Gasteiger partial charge is 0.394 e. The molecule has 1 saturated heterocycles. The number of halogens is 1. The van der Waals surface area contributed by atoms with Crippen molar-refractivity contribution in [3.05, 3.63) is 16.8 Å². The van der Waals surface area contributed by atoms with E-state index >= 15 is 0 Å². The number of hydrogen-bond acceptors (Lipinski definition) is 7. The lowest BCUT2D eigenvalue weighted by Gasteiger charge is -2.23. The van der Waals surface area contributed by atoms with Gasteiger partial charge in [-0.3, -0.25) is 4.57 Å². The third-order valence-electron chi connectivity index (χ3n) is 2.84. The molecule has 1 aromatic heterocycles. The van der Waals surface area contributed by atoms with Crippen molar-refractivity contribution in [2.45, 2.75) is 24.1 Å². The number of ether oxygens (including phenoxy) is 1. The number of hydrogen-bond donors (Lipinski definition) is 3. The van der Waals surface area contributed by atoms with Gasteiger partial charge in [-0.1, -0.05) is 5.92 Å². The minimum absolute atomic E-state index is 0.288. The summed E-state index contributed by atoms with van der Waals surface area (Å²) < 4.78 is 20.3. The number of anilines is 1. The Kier molecular flexibility index (Phi) is 3.23. The maximum atomic E-state index is 14.5. The van der Waals surface area contributed by atoms with E-state index in [0.29, 0.717) is 4.57 Å². The normalized spacial score (nSPS) is 34.1. The maximum Gasteiger partial charge on any atom is 0.354 e. The molecule has 1 aromatic rings. The number of rotatable bonds is 2. The molecule has 4 atom stereocenters. The van der Waals surface area contributed by atoms with E-state index in [1.54, 1.807) is 5.92 Å². The number of nitrogens with zero attached hydrogens (tertiary/aromatic N) is 3. The van der Waals surface area contributed by atoms with E-state index in [1.807, 2.05) is 0 Å². The Bertz CT molecular complexity index is 586. The molecule has 9 heteroatoms. The van der Waals surface area contributed by atoms with E-state index in [-0.39, 0.29) is 5.95 Å². The topological polar surface area (TPSA) is 123 Å². The molecular formula is C10H11FN4O4. The molecule has 1 aliphatic rings. The highest BCUT2D eigenvalue weighted by Gasteiger charge is 2.57. The van der Waals surface area contributed by atoms with Gasteiger partial charge in [-0.25, -0.2) is 14.2 Å². The molecule has 0 radical (unpaired) electrons. The predicted molar refractivity (Wildman–Crippen MR) is 60.4 cm³/mol. The van der Waals surface area contributed by atoms with Crippen LogP contribution in [0, 0.1) is 12.3 Å². The molecule has 0 saturated carbocycles. The second-order valence-electron chi connectivity index (χ2n) is 3.97. The lowest BCUT2D eigenvalue weighted by molar-refractivity contribution is -0.0547. The molecule has 19 heavy (non-hydrogen) atoms. The van der Waals surface area contributed by atoms with Gasteiger partial charge in [0.2, 0.25) is 11.6 Å². The molecule has 2 rings (SSSR count). The minimum Gasteiger partial charge on any atom is -0.394 e. The van der Waals surface area contributed by atoms with Gasteiger partial charge in [0, 0.05) is 0 Å². The van der Waals surface area contributed by atoms with E-state index in [1.165, 1.54) is 0 Å². The number of aliphatic hydroxyl groups excluding tert-OH is 2. The van der Waals surface area contributed by atoms with Gasteiger partial charge in [-0.15, -0.1) is 6.42 Å². The average Bonchev–Trinajstić information content (AvgIpc) is 2.63. The Morgan fingerprint density at radius 3 is 2.95 bits per heavy atom. The van der Waals surface area contributed by atoms with Crippen LogP contribution >= 0.6 is 0 Å². The lowest BCUT2D eigenvalue weighted by Crippen LogP contribution is -2.44. The van der Waals surface area contributed by atoms with Crippen LogP contribution < -0.4 is 11.4 Å². The summed E-state index contributed by atoms with van der Waals surface area (Å²) in [6.45, 7) is -0.657. The monoisotopic (exact) mass is 270 g/mol. The third kappa shape index (κ3) is 1.95. The van der Waals surface area contributed by atoms with Gasteiger partial charge >= 0.3 is 5.69 Å². The van der Waals surface area contributed by atoms with Gasteiger partial charge in [-0.2, -0.15) is 4.98 Å². The molecule has 0 aliphatic carbocycles. The molecule has 102 valence electrons. The first-order valence-corrected chi connectivity index (χ1v) is 5.25. The van der Waals surface area contributed by atoms with Crippen molar-refractivity contribution >= 4 is 5.95 Å². The first-order chi connectivity index (χ1) is 8.93. The van der Waals surface area contributed by atoms with E-state index in [2.05, 4.69) is 9.97 Å². The van der Waals surface area contributed by atoms with Crippen LogP contribution in [0.4, 0.5) is 10.3 Å². The zero-order chi connectivity index (χ0) is 14.2. The summed E-state index contributed by atoms with van der Waals surface area (Å²) in [6, 6.07) is 0. The molecule has 1 aliphatic heterocycles. The van der Waals surface area contributed by atoms with Crippen molar-refractivity contribution in [1.82, 2.24) is 14.5 Å². The average molecular weight is 270 g/mol. The zero-order valence-corrected chi connectivity index (χ0v) is 9.60. The summed E-state index contributed by atoms with van der Waals surface area (Å²) in [5.74, 6) is 1.46. The summed E-state index contributed by atoms with van der Waals surface area (Å²) in [4.78, 5) is 18.4. The van der Waals surface area contributed by atoms with Crippen molar-refractivity contribution < 1.29 is 19.3 Å². The lowest BCUT2D eigenvalue weighted by atomic mass is 9.97. The van der Waals surface area contributed by atoms with E-state index in [0.717, 1.165) is 6.33 Å². The molecular weight excluding hydrogens is 259 g/mol. The molecule has 0 bridgehead atoms. The number of terminal acetylenes is 1. The predicted octanol–water partition coefficient (Wildman–Crippen LogP) is -2.19. The zero-order valence-electron chi connectivity index (χ0n) is 9.60. The fraction of sp³-hybridized carbons (Fsp3) is 0.500. The van der Waals surface area contributed by atoms with Crippen LogP contribution in [0.15, 0.2) is 11.1 Å². The highest BCUT2D eigenvalue weighted by Crippen LogP contribution is 2.40. The Morgan fingerprint density at radius 2 is 2.42 bits per heavy atom. The van der Waals surface area contributed by atoms with Gasteiger partial charge in [0.05, 0.1) is 6.61 Å². The quantitative estimate of drug-likeness (QED) is 0.521. The summed E-state index contributed by atoms with van der Waals surface area (Å²) in [6.07, 6.45) is 1.29.